The third-order valence-electron chi connectivity index (χ3n) is 9.45. The number of ether oxygens (including phenoxy) is 1. The molecule has 1 amide bonds. The molecule has 2 heterocycles. The highest BCUT2D eigenvalue weighted by Gasteiger charge is 2.43. The number of amides is 1. The number of aryl methyl sites for hydroxylation is 1. The standard InChI is InChI=1S/C33H41ClN2O6/c1-21-6-5-8-29(37)27-13-10-23(27)19-36-15-4-3-7-22-16-26(34)12-9-24(22)20-42-30-14-11-25(17-28(30)36)33(41,32(39)40)18-31(38)35(21)2/h5,8-9,11-12,14,16-17,21,23,27,29,37,41H,3-4,6-7,10,13,15,18-20H2,1-2H3,(H,39,40)/b8-5+/t21-,23+,27-,29+,33-/m1/s1. The summed E-state index contributed by atoms with van der Waals surface area (Å²) in [6, 6.07) is 10.5. The van der Waals surface area contributed by atoms with Gasteiger partial charge in [0.15, 0.2) is 5.60 Å². The molecule has 3 N–H and O–H groups in total. The molecule has 8 nitrogen and oxygen atoms in total. The van der Waals surface area contributed by atoms with Crippen molar-refractivity contribution in [1.29, 1.82) is 0 Å². The first-order chi connectivity index (χ1) is 20.1. The van der Waals surface area contributed by atoms with Crippen LogP contribution in [0.1, 0.15) is 62.1 Å². The third-order valence-corrected chi connectivity index (χ3v) is 9.68. The molecule has 0 radical (unpaired) electrons. The molecule has 2 aromatic carbocycles. The maximum atomic E-state index is 13.2. The van der Waals surface area contributed by atoms with Gasteiger partial charge in [0.05, 0.1) is 18.2 Å². The van der Waals surface area contributed by atoms with Crippen LogP contribution in [-0.4, -0.2) is 64.4 Å². The number of aliphatic hydroxyl groups excluding tert-OH is 1. The molecule has 0 aromatic heterocycles. The number of carbonyl (C=O) groups is 2. The van der Waals surface area contributed by atoms with Gasteiger partial charge in [0.1, 0.15) is 12.4 Å². The van der Waals surface area contributed by atoms with Gasteiger partial charge in [-0.3, -0.25) is 4.79 Å². The smallest absolute Gasteiger partial charge is 0.340 e. The second-order valence-electron chi connectivity index (χ2n) is 12.1. The molecule has 1 saturated carbocycles. The van der Waals surface area contributed by atoms with Crippen molar-refractivity contribution < 1.29 is 29.6 Å². The Bertz CT molecular complexity index is 1350. The summed E-state index contributed by atoms with van der Waals surface area (Å²) in [6.45, 7) is 3.53. The topological polar surface area (TPSA) is 111 Å². The van der Waals surface area contributed by atoms with E-state index in [4.69, 9.17) is 16.3 Å². The van der Waals surface area contributed by atoms with Crippen LogP contribution in [0.4, 0.5) is 5.69 Å². The van der Waals surface area contributed by atoms with E-state index in [1.165, 1.54) is 4.90 Å². The number of aliphatic hydroxyl groups is 2. The van der Waals surface area contributed by atoms with E-state index in [0.717, 1.165) is 43.2 Å². The Morgan fingerprint density at radius 3 is 2.67 bits per heavy atom. The molecular formula is C33H41ClN2O6. The first-order valence-corrected chi connectivity index (χ1v) is 15.3. The second kappa shape index (κ2) is 12.7. The van der Waals surface area contributed by atoms with Crippen LogP contribution in [0.5, 0.6) is 5.75 Å². The van der Waals surface area contributed by atoms with Crippen LogP contribution in [0.25, 0.3) is 0 Å². The predicted octanol–water partition coefficient (Wildman–Crippen LogP) is 4.92. The number of aliphatic carboxylic acids is 1. The number of rotatable bonds is 1. The predicted molar refractivity (Wildman–Crippen MR) is 162 cm³/mol. The highest BCUT2D eigenvalue weighted by atomic mass is 35.5. The van der Waals surface area contributed by atoms with Crippen molar-refractivity contribution in [2.24, 2.45) is 11.8 Å². The lowest BCUT2D eigenvalue weighted by molar-refractivity contribution is -0.165. The normalized spacial score (nSPS) is 29.7. The molecule has 226 valence electrons. The Morgan fingerprint density at radius 1 is 1.12 bits per heavy atom. The molecule has 0 unspecified atom stereocenters. The first kappa shape index (κ1) is 30.4. The Balaban J connectivity index is 1.59. The van der Waals surface area contributed by atoms with Crippen molar-refractivity contribution in [3.05, 3.63) is 70.3 Å². The van der Waals surface area contributed by atoms with Gasteiger partial charge in [0.25, 0.3) is 0 Å². The molecule has 0 saturated heterocycles. The van der Waals surface area contributed by atoms with Gasteiger partial charge in [-0.05, 0) is 98.2 Å². The van der Waals surface area contributed by atoms with E-state index in [2.05, 4.69) is 4.90 Å². The number of benzene rings is 2. The maximum Gasteiger partial charge on any atom is 0.340 e. The van der Waals surface area contributed by atoms with Crippen LogP contribution in [0.15, 0.2) is 48.6 Å². The summed E-state index contributed by atoms with van der Waals surface area (Å²) in [5.41, 5.74) is 0.586. The molecule has 2 aliphatic heterocycles. The highest BCUT2D eigenvalue weighted by molar-refractivity contribution is 6.30. The molecule has 1 fully saturated rings. The summed E-state index contributed by atoms with van der Waals surface area (Å²) >= 11 is 6.30. The number of anilines is 1. The van der Waals surface area contributed by atoms with Gasteiger partial charge in [-0.15, -0.1) is 0 Å². The largest absolute Gasteiger partial charge is 0.487 e. The number of nitrogens with zero attached hydrogens (tertiary/aromatic N) is 2. The fourth-order valence-electron chi connectivity index (χ4n) is 6.36. The zero-order valence-electron chi connectivity index (χ0n) is 24.3. The molecular weight excluding hydrogens is 556 g/mol. The summed E-state index contributed by atoms with van der Waals surface area (Å²) in [5, 5.41) is 33.5. The van der Waals surface area contributed by atoms with E-state index in [-0.39, 0.29) is 23.4 Å². The van der Waals surface area contributed by atoms with E-state index in [9.17, 15) is 24.9 Å². The van der Waals surface area contributed by atoms with Gasteiger partial charge in [-0.25, -0.2) is 4.79 Å². The van der Waals surface area contributed by atoms with Crippen LogP contribution >= 0.6 is 11.6 Å². The van der Waals surface area contributed by atoms with Crippen molar-refractivity contribution in [2.45, 2.75) is 76.2 Å². The quantitative estimate of drug-likeness (QED) is 0.401. The molecule has 9 heteroatoms. The number of carboxylic acids is 1. The summed E-state index contributed by atoms with van der Waals surface area (Å²) in [5.74, 6) is -1.03. The minimum atomic E-state index is -2.41. The van der Waals surface area contributed by atoms with E-state index < -0.39 is 30.0 Å². The Hall–Kier alpha value is -3.07. The maximum absolute atomic E-state index is 13.2. The molecule has 5 atom stereocenters. The van der Waals surface area contributed by atoms with E-state index >= 15 is 0 Å². The fraction of sp³-hybridized carbons (Fsp3) is 0.515. The van der Waals surface area contributed by atoms with Crippen LogP contribution in [0, 0.1) is 11.8 Å². The third kappa shape index (κ3) is 6.31. The van der Waals surface area contributed by atoms with Crippen molar-refractivity contribution in [3.63, 3.8) is 0 Å². The van der Waals surface area contributed by atoms with Crippen LogP contribution in [0.3, 0.4) is 0 Å². The SMILES string of the molecule is C[C@@H]1C/C=C/[C@H](O)[C@@H]2CC[C@H]2CN2CCCCc3cc(Cl)ccc3COc3ccc(cc32)[C@@](O)(C(=O)O)CC(=O)N1C. The molecule has 42 heavy (non-hydrogen) atoms. The number of hydrogen-bond donors (Lipinski definition) is 3. The molecule has 1 aliphatic carbocycles. The number of fused-ring (bicyclic) bond motifs is 3. The zero-order chi connectivity index (χ0) is 30.0. The van der Waals surface area contributed by atoms with Gasteiger partial charge >= 0.3 is 5.97 Å². The van der Waals surface area contributed by atoms with Gasteiger partial charge in [-0.1, -0.05) is 35.9 Å². The van der Waals surface area contributed by atoms with Gasteiger partial charge in [-0.2, -0.15) is 0 Å². The van der Waals surface area contributed by atoms with Crippen molar-refractivity contribution in [3.8, 4) is 5.75 Å². The Kier molecular flexibility index (Phi) is 9.16. The molecule has 2 aromatic rings. The van der Waals surface area contributed by atoms with Crippen molar-refractivity contribution in [1.82, 2.24) is 4.90 Å². The lowest BCUT2D eigenvalue weighted by atomic mass is 9.70. The van der Waals surface area contributed by atoms with E-state index in [0.29, 0.717) is 42.6 Å². The average molecular weight is 597 g/mol. The number of halogens is 1. The minimum Gasteiger partial charge on any atom is -0.487 e. The van der Waals surface area contributed by atoms with Crippen LogP contribution < -0.4 is 9.64 Å². The van der Waals surface area contributed by atoms with Gasteiger partial charge in [0.2, 0.25) is 5.91 Å². The Labute approximate surface area is 252 Å². The van der Waals surface area contributed by atoms with Crippen molar-refractivity contribution >= 4 is 29.2 Å². The minimum absolute atomic E-state index is 0.108. The summed E-state index contributed by atoms with van der Waals surface area (Å²) < 4.78 is 6.38. The number of carbonyl (C=O) groups excluding carboxylic acids is 1. The van der Waals surface area contributed by atoms with Gasteiger partial charge < -0.3 is 29.9 Å². The van der Waals surface area contributed by atoms with E-state index in [1.54, 1.807) is 25.2 Å². The Morgan fingerprint density at radius 2 is 1.93 bits per heavy atom. The summed E-state index contributed by atoms with van der Waals surface area (Å²) in [4.78, 5) is 29.5. The average Bonchev–Trinajstić information content (AvgIpc) is 2.97. The lowest BCUT2D eigenvalue weighted by Crippen LogP contribution is -2.45. The molecule has 3 aliphatic rings. The molecule has 0 spiro atoms. The second-order valence-corrected chi connectivity index (χ2v) is 12.6. The monoisotopic (exact) mass is 596 g/mol. The summed E-state index contributed by atoms with van der Waals surface area (Å²) in [7, 11) is 1.61. The van der Waals surface area contributed by atoms with Crippen LogP contribution in [0.2, 0.25) is 5.02 Å². The number of carboxylic acid groups (broad SMARTS) is 1. The lowest BCUT2D eigenvalue weighted by Gasteiger charge is -2.43. The van der Waals surface area contributed by atoms with E-state index in [1.807, 2.05) is 37.3 Å². The molecule has 2 bridgehead atoms. The highest BCUT2D eigenvalue weighted by Crippen LogP contribution is 2.42. The fourth-order valence-corrected chi connectivity index (χ4v) is 6.55. The summed E-state index contributed by atoms with van der Waals surface area (Å²) in [6.07, 6.45) is 7.63. The van der Waals surface area contributed by atoms with Crippen LogP contribution in [-0.2, 0) is 28.2 Å². The van der Waals surface area contributed by atoms with Gasteiger partial charge in [0, 0.05) is 31.2 Å². The van der Waals surface area contributed by atoms with Crippen molar-refractivity contribution in [2.75, 3.05) is 25.0 Å². The zero-order valence-corrected chi connectivity index (χ0v) is 25.1. The first-order valence-electron chi connectivity index (χ1n) is 14.9. The number of hydrogen-bond acceptors (Lipinski definition) is 6. The molecule has 5 rings (SSSR count).